The summed E-state index contributed by atoms with van der Waals surface area (Å²) in [4.78, 5) is 10.1. The minimum atomic E-state index is 0. The summed E-state index contributed by atoms with van der Waals surface area (Å²) < 4.78 is 0. The Labute approximate surface area is 166 Å². The molecular formula is C18H25IN4S. The highest BCUT2D eigenvalue weighted by atomic mass is 127. The van der Waals surface area contributed by atoms with Crippen LogP contribution in [0.4, 0.5) is 0 Å². The second kappa shape index (κ2) is 10.6. The molecule has 0 fully saturated rings. The van der Waals surface area contributed by atoms with Crippen LogP contribution >= 0.6 is 35.7 Å². The van der Waals surface area contributed by atoms with Crippen LogP contribution < -0.4 is 10.6 Å². The molecule has 0 aliphatic heterocycles. The lowest BCUT2D eigenvalue weighted by Gasteiger charge is -2.14. The number of aryl methyl sites for hydroxylation is 2. The molecule has 0 amide bonds. The minimum Gasteiger partial charge on any atom is -0.352 e. The monoisotopic (exact) mass is 456 g/mol. The summed E-state index contributed by atoms with van der Waals surface area (Å²) in [6, 6.07) is 12.6. The Kier molecular flexibility index (Phi) is 9.13. The summed E-state index contributed by atoms with van der Waals surface area (Å²) >= 11 is 1.77. The minimum absolute atomic E-state index is 0. The van der Waals surface area contributed by atoms with E-state index < -0.39 is 0 Å². The fraction of sp³-hybridized carbons (Fsp3) is 0.333. The number of aromatic nitrogens is 1. The van der Waals surface area contributed by atoms with Gasteiger partial charge in [-0.15, -0.1) is 35.7 Å². The number of hydrogen-bond acceptors (Lipinski definition) is 3. The molecule has 2 rings (SSSR count). The first-order valence-electron chi connectivity index (χ1n) is 7.63. The highest BCUT2D eigenvalue weighted by Crippen LogP contribution is 2.21. The molecule has 2 aromatic rings. The Morgan fingerprint density at radius 1 is 1.12 bits per heavy atom. The quantitative estimate of drug-likeness (QED) is 0.310. The van der Waals surface area contributed by atoms with Crippen molar-refractivity contribution in [2.24, 2.45) is 4.99 Å². The molecule has 0 aliphatic carbocycles. The molecule has 0 bridgehead atoms. The first-order chi connectivity index (χ1) is 11.1. The predicted molar refractivity (Wildman–Crippen MR) is 114 cm³/mol. The molecule has 0 unspecified atom stereocenters. The number of rotatable bonds is 5. The molecule has 1 heterocycles. The number of guanidine groups is 1. The molecule has 0 atom stereocenters. The maximum absolute atomic E-state index is 4.49. The van der Waals surface area contributed by atoms with Gasteiger partial charge in [-0.05, 0) is 49.4 Å². The predicted octanol–water partition coefficient (Wildman–Crippen LogP) is 3.90. The van der Waals surface area contributed by atoms with E-state index in [0.29, 0.717) is 6.54 Å². The fourth-order valence-electron chi connectivity index (χ4n) is 2.27. The van der Waals surface area contributed by atoms with Crippen molar-refractivity contribution in [2.45, 2.75) is 31.8 Å². The van der Waals surface area contributed by atoms with Gasteiger partial charge in [0.1, 0.15) is 0 Å². The van der Waals surface area contributed by atoms with Crippen LogP contribution in [0.3, 0.4) is 0 Å². The van der Waals surface area contributed by atoms with Crippen molar-refractivity contribution in [3.05, 3.63) is 58.9 Å². The fourth-order valence-corrected chi connectivity index (χ4v) is 2.98. The van der Waals surface area contributed by atoms with E-state index in [0.717, 1.165) is 23.9 Å². The Balaban J connectivity index is 0.00000288. The first kappa shape index (κ1) is 20.8. The van der Waals surface area contributed by atoms with Gasteiger partial charge in [0, 0.05) is 24.2 Å². The van der Waals surface area contributed by atoms with Crippen molar-refractivity contribution >= 4 is 41.7 Å². The van der Waals surface area contributed by atoms with Crippen molar-refractivity contribution in [2.75, 3.05) is 13.3 Å². The standard InChI is InChI=1S/C18H24N4S.HI/c1-13-8-9-15(17(10-13)23-4)11-20-18(19-3)21-12-16-7-5-6-14(2)22-16;/h5-10H,11-12H2,1-4H3,(H2,19,20,21);1H. The second-order valence-electron chi connectivity index (χ2n) is 5.36. The van der Waals surface area contributed by atoms with E-state index in [9.17, 15) is 0 Å². The zero-order valence-electron chi connectivity index (χ0n) is 14.6. The van der Waals surface area contributed by atoms with Crippen LogP contribution in [0, 0.1) is 13.8 Å². The zero-order valence-corrected chi connectivity index (χ0v) is 17.7. The van der Waals surface area contributed by atoms with Crippen LogP contribution in [0.2, 0.25) is 0 Å². The number of benzene rings is 1. The first-order valence-corrected chi connectivity index (χ1v) is 8.85. The molecule has 0 radical (unpaired) electrons. The maximum atomic E-state index is 4.49. The van der Waals surface area contributed by atoms with Crippen molar-refractivity contribution in [3.63, 3.8) is 0 Å². The van der Waals surface area contributed by atoms with Gasteiger partial charge in [0.05, 0.1) is 12.2 Å². The third-order valence-electron chi connectivity index (χ3n) is 3.50. The summed E-state index contributed by atoms with van der Waals surface area (Å²) in [5.41, 5.74) is 4.59. The van der Waals surface area contributed by atoms with Crippen LogP contribution in [-0.4, -0.2) is 24.2 Å². The molecule has 6 heteroatoms. The Hall–Kier alpha value is -1.28. The summed E-state index contributed by atoms with van der Waals surface area (Å²) in [7, 11) is 1.78. The summed E-state index contributed by atoms with van der Waals surface area (Å²) in [6.45, 7) is 5.52. The molecular weight excluding hydrogens is 431 g/mol. The molecule has 2 N–H and O–H groups in total. The largest absolute Gasteiger partial charge is 0.352 e. The van der Waals surface area contributed by atoms with E-state index in [4.69, 9.17) is 0 Å². The van der Waals surface area contributed by atoms with Gasteiger partial charge in [-0.3, -0.25) is 9.98 Å². The number of thioether (sulfide) groups is 1. The van der Waals surface area contributed by atoms with E-state index >= 15 is 0 Å². The van der Waals surface area contributed by atoms with Gasteiger partial charge in [0.2, 0.25) is 0 Å². The third-order valence-corrected chi connectivity index (χ3v) is 4.32. The van der Waals surface area contributed by atoms with E-state index in [1.807, 2.05) is 25.1 Å². The highest BCUT2D eigenvalue weighted by Gasteiger charge is 2.04. The van der Waals surface area contributed by atoms with E-state index in [1.165, 1.54) is 16.0 Å². The van der Waals surface area contributed by atoms with E-state index in [2.05, 4.69) is 52.0 Å². The lowest BCUT2D eigenvalue weighted by atomic mass is 10.1. The summed E-state index contributed by atoms with van der Waals surface area (Å²) in [5.74, 6) is 0.779. The third kappa shape index (κ3) is 6.32. The molecule has 0 spiro atoms. The van der Waals surface area contributed by atoms with Gasteiger partial charge in [-0.2, -0.15) is 0 Å². The lowest BCUT2D eigenvalue weighted by Crippen LogP contribution is -2.36. The number of pyridine rings is 1. The summed E-state index contributed by atoms with van der Waals surface area (Å²) in [6.07, 6.45) is 2.11. The van der Waals surface area contributed by atoms with Crippen LogP contribution in [-0.2, 0) is 13.1 Å². The molecule has 24 heavy (non-hydrogen) atoms. The molecule has 4 nitrogen and oxygen atoms in total. The lowest BCUT2D eigenvalue weighted by molar-refractivity contribution is 0.786. The Morgan fingerprint density at radius 3 is 2.54 bits per heavy atom. The van der Waals surface area contributed by atoms with Crippen LogP contribution in [0.5, 0.6) is 0 Å². The summed E-state index contributed by atoms with van der Waals surface area (Å²) in [5, 5.41) is 6.66. The number of hydrogen-bond donors (Lipinski definition) is 2. The molecule has 0 aliphatic rings. The van der Waals surface area contributed by atoms with Crippen molar-refractivity contribution < 1.29 is 0 Å². The maximum Gasteiger partial charge on any atom is 0.191 e. The van der Waals surface area contributed by atoms with Crippen LogP contribution in [0.25, 0.3) is 0 Å². The van der Waals surface area contributed by atoms with Crippen LogP contribution in [0.15, 0.2) is 46.3 Å². The molecule has 0 saturated carbocycles. The van der Waals surface area contributed by atoms with Gasteiger partial charge < -0.3 is 10.6 Å². The van der Waals surface area contributed by atoms with Crippen molar-refractivity contribution in [3.8, 4) is 0 Å². The number of nitrogens with zero attached hydrogens (tertiary/aromatic N) is 2. The molecule has 1 aromatic heterocycles. The molecule has 0 saturated heterocycles. The van der Waals surface area contributed by atoms with Gasteiger partial charge in [0.25, 0.3) is 0 Å². The zero-order chi connectivity index (χ0) is 16.7. The van der Waals surface area contributed by atoms with Crippen molar-refractivity contribution in [1.29, 1.82) is 0 Å². The van der Waals surface area contributed by atoms with Gasteiger partial charge in [0.15, 0.2) is 5.96 Å². The Bertz CT molecular complexity index is 688. The normalized spacial score (nSPS) is 10.9. The number of halogens is 1. The number of nitrogens with one attached hydrogen (secondary N) is 2. The Morgan fingerprint density at radius 2 is 1.88 bits per heavy atom. The van der Waals surface area contributed by atoms with Crippen LogP contribution in [0.1, 0.15) is 22.5 Å². The second-order valence-corrected chi connectivity index (χ2v) is 6.21. The van der Waals surface area contributed by atoms with Crippen molar-refractivity contribution in [1.82, 2.24) is 15.6 Å². The highest BCUT2D eigenvalue weighted by molar-refractivity contribution is 14.0. The topological polar surface area (TPSA) is 49.3 Å². The molecule has 130 valence electrons. The van der Waals surface area contributed by atoms with Gasteiger partial charge in [-0.25, -0.2) is 0 Å². The van der Waals surface area contributed by atoms with E-state index in [-0.39, 0.29) is 24.0 Å². The van der Waals surface area contributed by atoms with E-state index in [1.54, 1.807) is 18.8 Å². The van der Waals surface area contributed by atoms with Gasteiger partial charge >= 0.3 is 0 Å². The molecule has 1 aromatic carbocycles. The average molecular weight is 456 g/mol. The average Bonchev–Trinajstić information content (AvgIpc) is 2.56. The smallest absolute Gasteiger partial charge is 0.191 e. The SMILES string of the molecule is CN=C(NCc1cccc(C)n1)NCc1ccc(C)cc1SC.I. The van der Waals surface area contributed by atoms with Gasteiger partial charge in [-0.1, -0.05) is 18.2 Å². The number of aliphatic imine (C=N–C) groups is 1.